The third kappa shape index (κ3) is 3.59. The molecule has 0 saturated heterocycles. The lowest BCUT2D eigenvalue weighted by Gasteiger charge is -2.09. The third-order valence-electron chi connectivity index (χ3n) is 5.29. The fraction of sp³-hybridized carbons (Fsp3) is 0.227. The van der Waals surface area contributed by atoms with Crippen LogP contribution in [0.3, 0.4) is 0 Å². The van der Waals surface area contributed by atoms with E-state index in [1.54, 1.807) is 24.4 Å². The summed E-state index contributed by atoms with van der Waals surface area (Å²) in [6, 6.07) is 7.90. The van der Waals surface area contributed by atoms with Gasteiger partial charge < -0.3 is 9.67 Å². The van der Waals surface area contributed by atoms with Crippen molar-refractivity contribution in [3.63, 3.8) is 0 Å². The van der Waals surface area contributed by atoms with E-state index in [0.29, 0.717) is 21.0 Å². The summed E-state index contributed by atoms with van der Waals surface area (Å²) in [6.45, 7) is 2.73. The van der Waals surface area contributed by atoms with Crippen molar-refractivity contribution in [3.05, 3.63) is 65.0 Å². The van der Waals surface area contributed by atoms with E-state index in [1.807, 2.05) is 22.4 Å². The lowest BCUT2D eigenvalue weighted by molar-refractivity contribution is 0.0689. The normalized spacial score (nSPS) is 13.8. The Bertz CT molecular complexity index is 1330. The summed E-state index contributed by atoms with van der Waals surface area (Å²) in [5, 5.41) is 15.0. The van der Waals surface area contributed by atoms with Crippen LogP contribution in [-0.4, -0.2) is 30.4 Å². The number of hydrogen-bond donors (Lipinski definition) is 1. The van der Waals surface area contributed by atoms with Crippen LogP contribution >= 0.6 is 23.4 Å². The van der Waals surface area contributed by atoms with Crippen molar-refractivity contribution in [2.75, 3.05) is 0 Å². The fourth-order valence-corrected chi connectivity index (χ4v) is 5.13. The summed E-state index contributed by atoms with van der Waals surface area (Å²) in [7, 11) is 0. The van der Waals surface area contributed by atoms with Crippen molar-refractivity contribution < 1.29 is 14.3 Å². The molecule has 1 aromatic carbocycles. The van der Waals surface area contributed by atoms with Crippen molar-refractivity contribution in [1.29, 1.82) is 0 Å². The molecule has 31 heavy (non-hydrogen) atoms. The quantitative estimate of drug-likeness (QED) is 0.399. The molecular formula is C22H18ClFN4O2S. The molecule has 4 aromatic rings. The molecule has 3 heterocycles. The van der Waals surface area contributed by atoms with Gasteiger partial charge in [-0.15, -0.1) is 0 Å². The summed E-state index contributed by atoms with van der Waals surface area (Å²) in [5.41, 5.74) is 2.45. The van der Waals surface area contributed by atoms with E-state index < -0.39 is 11.8 Å². The molecule has 6 nitrogen and oxygen atoms in total. The summed E-state index contributed by atoms with van der Waals surface area (Å²) < 4.78 is 19.1. The Morgan fingerprint density at radius 3 is 2.84 bits per heavy atom. The van der Waals surface area contributed by atoms with Crippen LogP contribution in [0.5, 0.6) is 0 Å². The highest BCUT2D eigenvalue weighted by molar-refractivity contribution is 7.99. The molecule has 1 fully saturated rings. The summed E-state index contributed by atoms with van der Waals surface area (Å²) >= 11 is 7.52. The Labute approximate surface area is 186 Å². The van der Waals surface area contributed by atoms with E-state index in [-0.39, 0.29) is 11.6 Å². The number of nitrogens with zero attached hydrogens (tertiary/aromatic N) is 4. The number of carboxylic acids is 1. The minimum atomic E-state index is -1.10. The van der Waals surface area contributed by atoms with Crippen LogP contribution in [-0.2, 0) is 6.54 Å². The van der Waals surface area contributed by atoms with Gasteiger partial charge in [0.1, 0.15) is 16.5 Å². The molecule has 1 saturated carbocycles. The Hall–Kier alpha value is -2.84. The molecular weight excluding hydrogens is 439 g/mol. The Kier molecular flexibility index (Phi) is 4.98. The van der Waals surface area contributed by atoms with Gasteiger partial charge in [-0.05, 0) is 44.0 Å². The number of benzene rings is 1. The molecule has 0 atom stereocenters. The maximum atomic E-state index is 15.2. The van der Waals surface area contributed by atoms with E-state index in [2.05, 4.69) is 10.1 Å². The maximum Gasteiger partial charge on any atom is 0.354 e. The predicted molar refractivity (Wildman–Crippen MR) is 117 cm³/mol. The molecule has 0 amide bonds. The first-order chi connectivity index (χ1) is 15.0. The second-order valence-corrected chi connectivity index (χ2v) is 8.90. The van der Waals surface area contributed by atoms with Crippen molar-refractivity contribution in [3.8, 4) is 5.69 Å². The molecule has 3 aromatic heterocycles. The number of pyridine rings is 1. The first kappa shape index (κ1) is 20.1. The topological polar surface area (TPSA) is 72.9 Å². The second kappa shape index (κ2) is 7.69. The smallest absolute Gasteiger partial charge is 0.354 e. The van der Waals surface area contributed by atoms with Crippen LogP contribution in [0, 0.1) is 5.82 Å². The molecule has 9 heteroatoms. The largest absolute Gasteiger partial charge is 0.477 e. The molecule has 1 aliphatic rings. The maximum absolute atomic E-state index is 15.2. The van der Waals surface area contributed by atoms with Crippen molar-refractivity contribution in [2.45, 2.75) is 42.1 Å². The van der Waals surface area contributed by atoms with E-state index in [1.165, 1.54) is 23.9 Å². The first-order valence-electron chi connectivity index (χ1n) is 9.90. The number of aromatic carboxylic acids is 1. The van der Waals surface area contributed by atoms with Crippen LogP contribution in [0.4, 0.5) is 4.39 Å². The Balaban J connectivity index is 1.77. The van der Waals surface area contributed by atoms with Gasteiger partial charge in [0.2, 0.25) is 0 Å². The molecule has 5 rings (SSSR count). The number of halogens is 2. The van der Waals surface area contributed by atoms with E-state index >= 15 is 4.39 Å². The van der Waals surface area contributed by atoms with Gasteiger partial charge in [0.15, 0.2) is 0 Å². The number of fused-ring (bicyclic) bond motifs is 1. The van der Waals surface area contributed by atoms with Gasteiger partial charge in [-0.25, -0.2) is 14.2 Å². The van der Waals surface area contributed by atoms with Crippen molar-refractivity contribution >= 4 is 40.2 Å². The molecule has 0 unspecified atom stereocenters. The van der Waals surface area contributed by atoms with Crippen LogP contribution < -0.4 is 0 Å². The average molecular weight is 457 g/mol. The zero-order valence-corrected chi connectivity index (χ0v) is 18.1. The molecule has 0 spiro atoms. The van der Waals surface area contributed by atoms with Gasteiger partial charge in [-0.2, -0.15) is 5.10 Å². The van der Waals surface area contributed by atoms with Gasteiger partial charge in [-0.3, -0.25) is 4.68 Å². The molecule has 1 aliphatic carbocycles. The molecule has 158 valence electrons. The number of rotatable bonds is 6. The van der Waals surface area contributed by atoms with Gasteiger partial charge in [-0.1, -0.05) is 29.4 Å². The van der Waals surface area contributed by atoms with Crippen LogP contribution in [0.25, 0.3) is 16.6 Å². The Morgan fingerprint density at radius 1 is 1.35 bits per heavy atom. The molecule has 0 aliphatic heterocycles. The SMILES string of the molecule is CCn1cc(-n2c(C3CC3)c(Sc3cccc(C(=O)O)n3)c3c(F)cc(Cl)cc32)cn1. The highest BCUT2D eigenvalue weighted by Crippen LogP contribution is 2.51. The van der Waals surface area contributed by atoms with Gasteiger partial charge in [0.25, 0.3) is 0 Å². The van der Waals surface area contributed by atoms with E-state index in [0.717, 1.165) is 35.7 Å². The standard InChI is InChI=1S/C22H18ClFN4O2S/c1-2-27-11-14(10-25-27)28-17-9-13(23)8-15(24)19(17)21(20(28)12-6-7-12)31-18-5-3-4-16(26-18)22(29)30/h3-5,8-12H,2,6-7H2,1H3,(H,29,30). The monoisotopic (exact) mass is 456 g/mol. The fourth-order valence-electron chi connectivity index (χ4n) is 3.76. The highest BCUT2D eigenvalue weighted by Gasteiger charge is 2.34. The molecule has 1 N–H and O–H groups in total. The average Bonchev–Trinajstić information content (AvgIpc) is 3.38. The Morgan fingerprint density at radius 2 is 2.16 bits per heavy atom. The van der Waals surface area contributed by atoms with Crippen molar-refractivity contribution in [1.82, 2.24) is 19.3 Å². The van der Waals surface area contributed by atoms with Crippen LogP contribution in [0.15, 0.2) is 52.6 Å². The van der Waals surface area contributed by atoms with Gasteiger partial charge >= 0.3 is 5.97 Å². The predicted octanol–water partition coefficient (Wildman–Crippen LogP) is 5.76. The first-order valence-corrected chi connectivity index (χ1v) is 11.1. The lowest BCUT2D eigenvalue weighted by atomic mass is 10.2. The minimum Gasteiger partial charge on any atom is -0.477 e. The number of aromatic nitrogens is 4. The lowest BCUT2D eigenvalue weighted by Crippen LogP contribution is -2.01. The van der Waals surface area contributed by atoms with Crippen LogP contribution in [0.2, 0.25) is 5.02 Å². The number of carboxylic acid groups (broad SMARTS) is 1. The van der Waals surface area contributed by atoms with Gasteiger partial charge in [0, 0.05) is 34.3 Å². The number of aryl methyl sites for hydroxylation is 1. The molecule has 0 radical (unpaired) electrons. The summed E-state index contributed by atoms with van der Waals surface area (Å²) in [4.78, 5) is 16.3. The molecule has 0 bridgehead atoms. The zero-order chi connectivity index (χ0) is 21.7. The number of carbonyl (C=O) groups is 1. The second-order valence-electron chi connectivity index (χ2n) is 7.43. The minimum absolute atomic E-state index is 0.0468. The summed E-state index contributed by atoms with van der Waals surface area (Å²) in [6.07, 6.45) is 5.71. The zero-order valence-electron chi connectivity index (χ0n) is 16.5. The highest BCUT2D eigenvalue weighted by atomic mass is 35.5. The van der Waals surface area contributed by atoms with Crippen molar-refractivity contribution in [2.24, 2.45) is 0 Å². The van der Waals surface area contributed by atoms with E-state index in [9.17, 15) is 9.90 Å². The third-order valence-corrected chi connectivity index (χ3v) is 6.56. The van der Waals surface area contributed by atoms with Crippen LogP contribution in [0.1, 0.15) is 41.9 Å². The number of hydrogen-bond acceptors (Lipinski definition) is 4. The summed E-state index contributed by atoms with van der Waals surface area (Å²) in [5.74, 6) is -1.24. The van der Waals surface area contributed by atoms with E-state index in [4.69, 9.17) is 11.6 Å². The van der Waals surface area contributed by atoms with Gasteiger partial charge in [0.05, 0.1) is 22.8 Å².